The monoisotopic (exact) mass is 291 g/mol. The lowest BCUT2D eigenvalue weighted by Gasteiger charge is -2.34. The van der Waals surface area contributed by atoms with E-state index in [0.29, 0.717) is 13.1 Å². The van der Waals surface area contributed by atoms with Gasteiger partial charge in [0.15, 0.2) is 0 Å². The van der Waals surface area contributed by atoms with Crippen molar-refractivity contribution >= 4 is 16.2 Å². The molecular formula is C9H17N5O4S. The van der Waals surface area contributed by atoms with Crippen LogP contribution in [0, 0.1) is 0 Å². The molecule has 0 radical (unpaired) electrons. The highest BCUT2D eigenvalue weighted by molar-refractivity contribution is 7.90. The van der Waals surface area contributed by atoms with Gasteiger partial charge in [0.25, 0.3) is 0 Å². The molecule has 0 amide bonds. The van der Waals surface area contributed by atoms with Gasteiger partial charge in [-0.05, 0) is 13.8 Å². The van der Waals surface area contributed by atoms with E-state index in [1.165, 1.54) is 11.4 Å². The van der Waals surface area contributed by atoms with Crippen LogP contribution in [0.4, 0.5) is 5.95 Å². The predicted octanol–water partition coefficient (Wildman–Crippen LogP) is -0.421. The molecule has 1 aliphatic heterocycles. The zero-order valence-electron chi connectivity index (χ0n) is 11.0. The Labute approximate surface area is 111 Å². The SMILES string of the molecule is COc1n[nH]c(NS(=O)(=O)N2CC(C)OC(C)C2)n1. The van der Waals surface area contributed by atoms with E-state index in [0.717, 1.165) is 0 Å². The highest BCUT2D eigenvalue weighted by Crippen LogP contribution is 2.16. The lowest BCUT2D eigenvalue weighted by atomic mass is 10.3. The Kier molecular flexibility index (Phi) is 3.92. The Hall–Kier alpha value is -1.39. The molecule has 2 N–H and O–H groups in total. The fourth-order valence-electron chi connectivity index (χ4n) is 1.90. The largest absolute Gasteiger partial charge is 0.466 e. The van der Waals surface area contributed by atoms with Crippen molar-refractivity contribution in [3.05, 3.63) is 0 Å². The molecule has 0 aliphatic carbocycles. The molecule has 0 aromatic carbocycles. The number of nitrogens with one attached hydrogen (secondary N) is 2. The second-order valence-corrected chi connectivity index (χ2v) is 6.02. The van der Waals surface area contributed by atoms with Crippen molar-refractivity contribution < 1.29 is 17.9 Å². The summed E-state index contributed by atoms with van der Waals surface area (Å²) < 4.78 is 38.2. The normalized spacial score (nSPS) is 25.2. The van der Waals surface area contributed by atoms with Crippen molar-refractivity contribution in [1.82, 2.24) is 19.5 Å². The lowest BCUT2D eigenvalue weighted by Crippen LogP contribution is -2.50. The van der Waals surface area contributed by atoms with Crippen LogP contribution in [-0.2, 0) is 14.9 Å². The number of aromatic nitrogens is 3. The summed E-state index contributed by atoms with van der Waals surface area (Å²) >= 11 is 0. The molecule has 0 bridgehead atoms. The smallest absolute Gasteiger partial charge is 0.336 e. The molecule has 1 aliphatic rings. The van der Waals surface area contributed by atoms with E-state index < -0.39 is 10.2 Å². The second-order valence-electron chi connectivity index (χ2n) is 4.35. The summed E-state index contributed by atoms with van der Waals surface area (Å²) in [4.78, 5) is 3.81. The average Bonchev–Trinajstić information content (AvgIpc) is 2.74. The second kappa shape index (κ2) is 5.31. The molecule has 10 heteroatoms. The number of rotatable bonds is 4. The van der Waals surface area contributed by atoms with Gasteiger partial charge in [0.2, 0.25) is 5.95 Å². The predicted molar refractivity (Wildman–Crippen MR) is 67.1 cm³/mol. The van der Waals surface area contributed by atoms with Gasteiger partial charge < -0.3 is 9.47 Å². The number of ether oxygens (including phenoxy) is 2. The minimum atomic E-state index is -3.68. The lowest BCUT2D eigenvalue weighted by molar-refractivity contribution is -0.0439. The van der Waals surface area contributed by atoms with Gasteiger partial charge in [-0.2, -0.15) is 17.7 Å². The van der Waals surface area contributed by atoms with Gasteiger partial charge in [0.05, 0.1) is 19.3 Å². The Morgan fingerprint density at radius 3 is 2.58 bits per heavy atom. The molecule has 9 nitrogen and oxygen atoms in total. The molecule has 1 fully saturated rings. The fraction of sp³-hybridized carbons (Fsp3) is 0.778. The fourth-order valence-corrected chi connectivity index (χ4v) is 3.17. The van der Waals surface area contributed by atoms with Crippen LogP contribution in [0.25, 0.3) is 0 Å². The molecule has 1 saturated heterocycles. The Morgan fingerprint density at radius 1 is 1.42 bits per heavy atom. The van der Waals surface area contributed by atoms with Crippen molar-refractivity contribution in [3.8, 4) is 6.01 Å². The van der Waals surface area contributed by atoms with Crippen LogP contribution in [0.5, 0.6) is 6.01 Å². The topological polar surface area (TPSA) is 109 Å². The third kappa shape index (κ3) is 3.33. The third-order valence-corrected chi connectivity index (χ3v) is 4.03. The molecular weight excluding hydrogens is 274 g/mol. The molecule has 0 spiro atoms. The molecule has 19 heavy (non-hydrogen) atoms. The zero-order chi connectivity index (χ0) is 14.0. The summed E-state index contributed by atoms with van der Waals surface area (Å²) in [6.45, 7) is 4.25. The molecule has 2 atom stereocenters. The summed E-state index contributed by atoms with van der Waals surface area (Å²) in [5.41, 5.74) is 0. The number of nitrogens with zero attached hydrogens (tertiary/aromatic N) is 3. The van der Waals surface area contributed by atoms with Crippen LogP contribution in [-0.4, -0.2) is 60.3 Å². The highest BCUT2D eigenvalue weighted by atomic mass is 32.2. The van der Waals surface area contributed by atoms with Gasteiger partial charge in [-0.25, -0.2) is 9.82 Å². The first kappa shape index (κ1) is 14.0. The van der Waals surface area contributed by atoms with Crippen LogP contribution >= 0.6 is 0 Å². The quantitative estimate of drug-likeness (QED) is 0.779. The molecule has 2 heterocycles. The summed E-state index contributed by atoms with van der Waals surface area (Å²) in [7, 11) is -2.29. The molecule has 2 unspecified atom stereocenters. The summed E-state index contributed by atoms with van der Waals surface area (Å²) in [6, 6.07) is 0.0708. The van der Waals surface area contributed by atoms with E-state index in [1.54, 1.807) is 0 Å². The highest BCUT2D eigenvalue weighted by Gasteiger charge is 2.31. The number of aromatic amines is 1. The maximum absolute atomic E-state index is 12.2. The minimum Gasteiger partial charge on any atom is -0.466 e. The van der Waals surface area contributed by atoms with Crippen molar-refractivity contribution in [3.63, 3.8) is 0 Å². The van der Waals surface area contributed by atoms with Gasteiger partial charge in [-0.3, -0.25) is 0 Å². The first-order chi connectivity index (χ1) is 8.90. The number of hydrogen-bond donors (Lipinski definition) is 2. The minimum absolute atomic E-state index is 0.0173. The summed E-state index contributed by atoms with van der Waals surface area (Å²) in [6.07, 6.45) is -0.297. The van der Waals surface area contributed by atoms with Crippen LogP contribution in [0.3, 0.4) is 0 Å². The van der Waals surface area contributed by atoms with Crippen LogP contribution < -0.4 is 9.46 Å². The number of methoxy groups -OCH3 is 1. The molecule has 1 aromatic heterocycles. The maximum atomic E-state index is 12.2. The Morgan fingerprint density at radius 2 is 2.05 bits per heavy atom. The van der Waals surface area contributed by atoms with Crippen LogP contribution in [0.2, 0.25) is 0 Å². The number of H-pyrrole nitrogens is 1. The van der Waals surface area contributed by atoms with E-state index in [1.807, 2.05) is 13.8 Å². The molecule has 1 aromatic rings. The molecule has 0 saturated carbocycles. The Balaban J connectivity index is 2.09. The molecule has 2 rings (SSSR count). The van der Waals surface area contributed by atoms with E-state index in [9.17, 15) is 8.42 Å². The third-order valence-electron chi connectivity index (χ3n) is 2.60. The first-order valence-corrected chi connectivity index (χ1v) is 7.24. The molecule has 108 valence electrons. The van der Waals surface area contributed by atoms with Gasteiger partial charge in [-0.15, -0.1) is 5.10 Å². The standard InChI is InChI=1S/C9H17N5O4S/c1-6-4-14(5-7(2)18-6)19(15,16)13-8-10-9(17-3)12-11-8/h6-7H,4-5H2,1-3H3,(H2,10,11,12,13). The Bertz CT molecular complexity index is 520. The van der Waals surface area contributed by atoms with Gasteiger partial charge in [0.1, 0.15) is 0 Å². The number of hydrogen-bond acceptors (Lipinski definition) is 6. The van der Waals surface area contributed by atoms with E-state index in [-0.39, 0.29) is 24.2 Å². The first-order valence-electron chi connectivity index (χ1n) is 5.80. The summed E-state index contributed by atoms with van der Waals surface area (Å²) in [5.74, 6) is 0.0173. The van der Waals surface area contributed by atoms with E-state index >= 15 is 0 Å². The van der Waals surface area contributed by atoms with Gasteiger partial charge in [0, 0.05) is 13.1 Å². The van der Waals surface area contributed by atoms with Crippen molar-refractivity contribution in [1.29, 1.82) is 0 Å². The average molecular weight is 291 g/mol. The van der Waals surface area contributed by atoms with E-state index in [2.05, 4.69) is 19.9 Å². The van der Waals surface area contributed by atoms with E-state index in [4.69, 9.17) is 9.47 Å². The number of anilines is 1. The van der Waals surface area contributed by atoms with Crippen molar-refractivity contribution in [2.24, 2.45) is 0 Å². The van der Waals surface area contributed by atoms with Crippen LogP contribution in [0.1, 0.15) is 13.8 Å². The van der Waals surface area contributed by atoms with Crippen molar-refractivity contribution in [2.75, 3.05) is 24.9 Å². The summed E-state index contributed by atoms with van der Waals surface area (Å²) in [5, 5.41) is 6.11. The van der Waals surface area contributed by atoms with Crippen LogP contribution in [0.15, 0.2) is 0 Å². The maximum Gasteiger partial charge on any atom is 0.336 e. The zero-order valence-corrected chi connectivity index (χ0v) is 11.8. The van der Waals surface area contributed by atoms with Crippen molar-refractivity contribution in [2.45, 2.75) is 26.1 Å². The van der Waals surface area contributed by atoms with Gasteiger partial charge in [-0.1, -0.05) is 0 Å². The number of morpholine rings is 1. The van der Waals surface area contributed by atoms with Gasteiger partial charge >= 0.3 is 16.2 Å².